The van der Waals surface area contributed by atoms with Gasteiger partial charge in [-0.25, -0.2) is 0 Å². The van der Waals surface area contributed by atoms with Gasteiger partial charge in [-0.2, -0.15) is 0 Å². The van der Waals surface area contributed by atoms with Crippen molar-refractivity contribution in [3.63, 3.8) is 0 Å². The van der Waals surface area contributed by atoms with Gasteiger partial charge in [-0.3, -0.25) is 4.79 Å². The lowest BCUT2D eigenvalue weighted by molar-refractivity contribution is -0.124. The highest BCUT2D eigenvalue weighted by molar-refractivity contribution is 5.82. The zero-order valence-corrected chi connectivity index (χ0v) is 7.55. The van der Waals surface area contributed by atoms with Crippen LogP contribution in [0.1, 0.15) is 33.6 Å². The van der Waals surface area contributed by atoms with E-state index in [-0.39, 0.29) is 5.91 Å². The molecule has 3 unspecified atom stereocenters. The van der Waals surface area contributed by atoms with Crippen molar-refractivity contribution in [3.05, 3.63) is 0 Å². The van der Waals surface area contributed by atoms with Crippen molar-refractivity contribution in [2.24, 2.45) is 11.8 Å². The minimum atomic E-state index is 0.290. The number of hydrogen-bond acceptors (Lipinski definition) is 1. The van der Waals surface area contributed by atoms with E-state index in [4.69, 9.17) is 0 Å². The predicted octanol–water partition coefficient (Wildman–Crippen LogP) is 1.56. The second-order valence-electron chi connectivity index (χ2n) is 3.26. The summed E-state index contributed by atoms with van der Waals surface area (Å²) in [6.07, 6.45) is 2.22. The molecule has 1 saturated carbocycles. The summed E-state index contributed by atoms with van der Waals surface area (Å²) in [6.45, 7) is 6.21. The van der Waals surface area contributed by atoms with Crippen molar-refractivity contribution in [2.45, 2.75) is 39.7 Å². The van der Waals surface area contributed by atoms with Gasteiger partial charge in [0.05, 0.1) is 0 Å². The van der Waals surface area contributed by atoms with Gasteiger partial charge in [0.2, 0.25) is 5.91 Å². The molecule has 0 radical (unpaired) electrons. The van der Waals surface area contributed by atoms with E-state index in [2.05, 4.69) is 12.2 Å². The molecule has 2 fully saturated rings. The highest BCUT2D eigenvalue weighted by atomic mass is 16.2. The van der Waals surface area contributed by atoms with Crippen LogP contribution in [0.15, 0.2) is 0 Å². The lowest BCUT2D eigenvalue weighted by Gasteiger charge is -2.17. The Balaban J connectivity index is 0.000000281. The number of piperidine rings is 1. The smallest absolute Gasteiger partial charge is 0.223 e. The maximum Gasteiger partial charge on any atom is 0.223 e. The largest absolute Gasteiger partial charge is 0.353 e. The first-order valence-electron chi connectivity index (χ1n) is 4.58. The van der Waals surface area contributed by atoms with Gasteiger partial charge in [0, 0.05) is 12.0 Å². The van der Waals surface area contributed by atoms with Crippen LogP contribution in [-0.2, 0) is 4.79 Å². The van der Waals surface area contributed by atoms with Crippen LogP contribution in [0.5, 0.6) is 0 Å². The quantitative estimate of drug-likeness (QED) is 0.565. The topological polar surface area (TPSA) is 29.1 Å². The molecule has 2 rings (SSSR count). The minimum Gasteiger partial charge on any atom is -0.353 e. The normalized spacial score (nSPS) is 39.5. The first kappa shape index (κ1) is 8.57. The molecule has 0 aromatic rings. The minimum absolute atomic E-state index is 0.290. The highest BCUT2D eigenvalue weighted by Crippen LogP contribution is 2.35. The van der Waals surface area contributed by atoms with Crippen molar-refractivity contribution in [3.8, 4) is 0 Å². The Morgan fingerprint density at radius 3 is 2.27 bits per heavy atom. The third-order valence-corrected chi connectivity index (χ3v) is 2.58. The molecule has 11 heavy (non-hydrogen) atoms. The second-order valence-corrected chi connectivity index (χ2v) is 3.26. The van der Waals surface area contributed by atoms with Crippen LogP contribution in [0.4, 0.5) is 0 Å². The van der Waals surface area contributed by atoms with Gasteiger partial charge in [-0.1, -0.05) is 20.8 Å². The lowest BCUT2D eigenvalue weighted by Crippen LogP contribution is -2.35. The summed E-state index contributed by atoms with van der Waals surface area (Å²) in [5.41, 5.74) is 0. The predicted molar refractivity (Wildman–Crippen MR) is 45.2 cm³/mol. The van der Waals surface area contributed by atoms with E-state index in [0.717, 1.165) is 18.8 Å². The number of rotatable bonds is 0. The van der Waals surface area contributed by atoms with Gasteiger partial charge in [-0.15, -0.1) is 0 Å². The summed E-state index contributed by atoms with van der Waals surface area (Å²) in [5, 5.41) is 2.96. The summed E-state index contributed by atoms with van der Waals surface area (Å²) in [6, 6.07) is 0.516. The Bertz CT molecular complexity index is 154. The van der Waals surface area contributed by atoms with E-state index >= 15 is 0 Å². The summed E-state index contributed by atoms with van der Waals surface area (Å²) < 4.78 is 0. The number of nitrogens with one attached hydrogen (secondary N) is 1. The molecule has 0 aromatic heterocycles. The van der Waals surface area contributed by atoms with E-state index in [1.807, 2.05) is 13.8 Å². The Hall–Kier alpha value is -0.530. The van der Waals surface area contributed by atoms with Crippen LogP contribution in [0.2, 0.25) is 0 Å². The van der Waals surface area contributed by atoms with Gasteiger partial charge in [0.25, 0.3) is 0 Å². The molecule has 2 nitrogen and oxygen atoms in total. The average molecular weight is 155 g/mol. The summed E-state index contributed by atoms with van der Waals surface area (Å²) in [7, 11) is 0. The number of hydrogen-bond donors (Lipinski definition) is 1. The Morgan fingerprint density at radius 2 is 2.00 bits per heavy atom. The molecule has 0 spiro atoms. The summed E-state index contributed by atoms with van der Waals surface area (Å²) in [4.78, 5) is 10.9. The molecule has 64 valence electrons. The first-order valence-corrected chi connectivity index (χ1v) is 4.58. The van der Waals surface area contributed by atoms with E-state index in [1.165, 1.54) is 0 Å². The fourth-order valence-electron chi connectivity index (χ4n) is 1.96. The fourth-order valence-corrected chi connectivity index (χ4v) is 1.96. The number of carbonyl (C=O) groups is 1. The van der Waals surface area contributed by atoms with Crippen molar-refractivity contribution in [1.29, 1.82) is 0 Å². The van der Waals surface area contributed by atoms with Gasteiger partial charge in [-0.05, 0) is 18.8 Å². The summed E-state index contributed by atoms with van der Waals surface area (Å²) >= 11 is 0. The third kappa shape index (κ3) is 1.39. The molecule has 1 saturated heterocycles. The maximum absolute atomic E-state index is 10.9. The van der Waals surface area contributed by atoms with E-state index < -0.39 is 0 Å². The monoisotopic (exact) mass is 155 g/mol. The van der Waals surface area contributed by atoms with Crippen LogP contribution in [0.25, 0.3) is 0 Å². The van der Waals surface area contributed by atoms with Crippen molar-refractivity contribution >= 4 is 5.91 Å². The van der Waals surface area contributed by atoms with Gasteiger partial charge < -0.3 is 5.32 Å². The maximum atomic E-state index is 10.9. The molecule has 2 heteroatoms. The Labute approximate surface area is 68.4 Å². The van der Waals surface area contributed by atoms with Crippen LogP contribution in [-0.4, -0.2) is 11.9 Å². The van der Waals surface area contributed by atoms with Crippen LogP contribution < -0.4 is 5.32 Å². The molecule has 1 heterocycles. The van der Waals surface area contributed by atoms with E-state index in [9.17, 15) is 4.79 Å². The Morgan fingerprint density at radius 1 is 1.36 bits per heavy atom. The molecule has 3 atom stereocenters. The molecular weight excluding hydrogens is 138 g/mol. The Kier molecular flexibility index (Phi) is 2.53. The molecule has 2 bridgehead atoms. The lowest BCUT2D eigenvalue weighted by atomic mass is 10.0. The van der Waals surface area contributed by atoms with Crippen LogP contribution >= 0.6 is 0 Å². The fraction of sp³-hybridized carbons (Fsp3) is 0.889. The van der Waals surface area contributed by atoms with Gasteiger partial charge >= 0.3 is 0 Å². The van der Waals surface area contributed by atoms with Crippen molar-refractivity contribution in [1.82, 2.24) is 5.32 Å². The van der Waals surface area contributed by atoms with Crippen LogP contribution in [0.3, 0.4) is 0 Å². The molecule has 1 aliphatic heterocycles. The van der Waals surface area contributed by atoms with Crippen LogP contribution in [0, 0.1) is 11.8 Å². The van der Waals surface area contributed by atoms with Gasteiger partial charge in [0.1, 0.15) is 0 Å². The molecule has 1 aliphatic carbocycles. The molecule has 1 amide bonds. The first-order chi connectivity index (χ1) is 5.27. The molecular formula is C9H17NO. The van der Waals surface area contributed by atoms with Crippen molar-refractivity contribution < 1.29 is 4.79 Å². The number of carbonyl (C=O) groups excluding carboxylic acids is 1. The SMILES string of the molecule is CC.CC1CC2CC1NC2=O. The highest BCUT2D eigenvalue weighted by Gasteiger charge is 2.42. The number of amides is 1. The molecule has 2 aliphatic rings. The zero-order chi connectivity index (χ0) is 8.43. The molecule has 1 N–H and O–H groups in total. The van der Waals surface area contributed by atoms with E-state index in [1.54, 1.807) is 0 Å². The third-order valence-electron chi connectivity index (χ3n) is 2.58. The molecule has 0 aromatic carbocycles. The van der Waals surface area contributed by atoms with Crippen molar-refractivity contribution in [2.75, 3.05) is 0 Å². The van der Waals surface area contributed by atoms with E-state index in [0.29, 0.717) is 12.0 Å². The van der Waals surface area contributed by atoms with Gasteiger partial charge in [0.15, 0.2) is 0 Å². The number of fused-ring (bicyclic) bond motifs is 2. The second kappa shape index (κ2) is 3.24. The average Bonchev–Trinajstić information content (AvgIpc) is 2.51. The standard InChI is InChI=1S/C7H11NO.C2H6/c1-4-2-5-3-6(4)8-7(5)9;1-2/h4-6H,2-3H2,1H3,(H,8,9);1-2H3. The zero-order valence-electron chi connectivity index (χ0n) is 7.55. The summed E-state index contributed by atoms with van der Waals surface area (Å²) in [5.74, 6) is 1.38.